The van der Waals surface area contributed by atoms with E-state index in [1.165, 1.54) is 6.92 Å². The highest BCUT2D eigenvalue weighted by molar-refractivity contribution is 6.00. The van der Waals surface area contributed by atoms with Crippen LogP contribution in [0.5, 0.6) is 0 Å². The van der Waals surface area contributed by atoms with Crippen LogP contribution in [0.2, 0.25) is 0 Å². The number of benzene rings is 1. The molecule has 0 aliphatic carbocycles. The molecule has 0 amide bonds. The normalized spacial score (nSPS) is 12.3. The lowest BCUT2D eigenvalue weighted by Crippen LogP contribution is -2.05. The van der Waals surface area contributed by atoms with Gasteiger partial charge in [0.2, 0.25) is 0 Å². The van der Waals surface area contributed by atoms with Crippen LogP contribution in [0, 0.1) is 18.3 Å². The van der Waals surface area contributed by atoms with E-state index in [1.807, 2.05) is 55.5 Å². The van der Waals surface area contributed by atoms with Gasteiger partial charge in [-0.15, -0.1) is 5.10 Å². The van der Waals surface area contributed by atoms with Crippen molar-refractivity contribution in [1.82, 2.24) is 25.0 Å². The average molecular weight is 475 g/mol. The van der Waals surface area contributed by atoms with Gasteiger partial charge in [-0.3, -0.25) is 14.5 Å². The molecule has 176 valence electrons. The zero-order chi connectivity index (χ0) is 25.2. The lowest BCUT2D eigenvalue weighted by Gasteiger charge is -2.13. The van der Waals surface area contributed by atoms with Gasteiger partial charge in [0.15, 0.2) is 17.3 Å². The molecule has 1 aliphatic rings. The third-order valence-corrected chi connectivity index (χ3v) is 5.87. The summed E-state index contributed by atoms with van der Waals surface area (Å²) >= 11 is 0. The highest BCUT2D eigenvalue weighted by atomic mass is 16.1. The molecule has 0 radical (unpaired) electrons. The number of carbonyl (C=O) groups excluding carboxylic acids is 1. The molecule has 3 aromatic heterocycles. The van der Waals surface area contributed by atoms with Crippen LogP contribution in [0.15, 0.2) is 59.6 Å². The first-order chi connectivity index (χ1) is 17.4. The van der Waals surface area contributed by atoms with E-state index in [1.54, 1.807) is 30.1 Å². The predicted molar refractivity (Wildman–Crippen MR) is 137 cm³/mol. The van der Waals surface area contributed by atoms with Crippen LogP contribution < -0.4 is 5.32 Å². The number of ketones is 1. The van der Waals surface area contributed by atoms with Gasteiger partial charge in [0, 0.05) is 37.0 Å². The number of rotatable bonds is 5. The van der Waals surface area contributed by atoms with Crippen molar-refractivity contribution < 1.29 is 4.79 Å². The molecule has 0 atom stereocenters. The lowest BCUT2D eigenvalue weighted by atomic mass is 9.98. The molecule has 4 aromatic rings. The van der Waals surface area contributed by atoms with Crippen LogP contribution in [0.1, 0.15) is 39.9 Å². The standard InChI is InChI=1S/C27H22N8O/c1-16-4-9-26(33-32-16)30-20-6-5-18-12-19(10-11-29-24(18)13-20)23-8-7-22(17(2)36)27(31-23)25-14-21(15-28)34-35(25)3/h4-11,13-14H,12H2,1-3H3,(H,30,33). The number of aryl methyl sites for hydroxylation is 2. The maximum atomic E-state index is 12.3. The number of aliphatic imine (C=N–C) groups is 1. The number of hydrogen-bond acceptors (Lipinski definition) is 8. The van der Waals surface area contributed by atoms with Gasteiger partial charge in [-0.05, 0) is 67.5 Å². The average Bonchev–Trinajstić information content (AvgIpc) is 3.12. The molecular weight excluding hydrogens is 452 g/mol. The highest BCUT2D eigenvalue weighted by Gasteiger charge is 2.19. The van der Waals surface area contributed by atoms with Crippen molar-refractivity contribution in [3.05, 3.63) is 82.8 Å². The van der Waals surface area contributed by atoms with Gasteiger partial charge in [0.1, 0.15) is 6.07 Å². The van der Waals surface area contributed by atoms with Crippen molar-refractivity contribution >= 4 is 34.8 Å². The van der Waals surface area contributed by atoms with Gasteiger partial charge in [-0.2, -0.15) is 15.5 Å². The Morgan fingerprint density at radius 2 is 1.97 bits per heavy atom. The van der Waals surface area contributed by atoms with E-state index < -0.39 is 0 Å². The quantitative estimate of drug-likeness (QED) is 0.415. The SMILES string of the molecule is CC(=O)c1ccc(C2=CC=Nc3cc(Nc4ccc(C)nn4)ccc3C2)nc1-c1cc(C#N)nn1C. The Balaban J connectivity index is 1.46. The van der Waals surface area contributed by atoms with Crippen molar-refractivity contribution in [1.29, 1.82) is 5.26 Å². The second kappa shape index (κ2) is 9.35. The fraction of sp³-hybridized carbons (Fsp3) is 0.148. The fourth-order valence-electron chi connectivity index (χ4n) is 4.03. The number of hydrogen-bond donors (Lipinski definition) is 1. The van der Waals surface area contributed by atoms with Gasteiger partial charge in [-0.25, -0.2) is 4.98 Å². The summed E-state index contributed by atoms with van der Waals surface area (Å²) < 4.78 is 1.57. The molecule has 0 spiro atoms. The summed E-state index contributed by atoms with van der Waals surface area (Å²) in [5.41, 5.74) is 7.14. The second-order valence-electron chi connectivity index (χ2n) is 8.47. The van der Waals surface area contributed by atoms with Crippen LogP contribution in [0.4, 0.5) is 17.2 Å². The third-order valence-electron chi connectivity index (χ3n) is 5.87. The van der Waals surface area contributed by atoms with Crippen LogP contribution >= 0.6 is 0 Å². The Kier molecular flexibility index (Phi) is 5.92. The number of nitrogens with one attached hydrogen (secondary N) is 1. The first kappa shape index (κ1) is 22.8. The number of allylic oxidation sites excluding steroid dienone is 2. The van der Waals surface area contributed by atoms with E-state index >= 15 is 0 Å². The van der Waals surface area contributed by atoms with Crippen molar-refractivity contribution in [2.24, 2.45) is 12.0 Å². The molecule has 0 unspecified atom stereocenters. The first-order valence-corrected chi connectivity index (χ1v) is 11.3. The molecule has 0 fully saturated rings. The zero-order valence-electron chi connectivity index (χ0n) is 20.0. The summed E-state index contributed by atoms with van der Waals surface area (Å²) in [5, 5.41) is 24.9. The summed E-state index contributed by atoms with van der Waals surface area (Å²) in [5.74, 6) is 0.554. The van der Waals surface area contributed by atoms with Crippen LogP contribution in [-0.4, -0.2) is 37.0 Å². The number of Topliss-reactive ketones (excluding diaryl/α,β-unsaturated/α-hetero) is 1. The number of pyridine rings is 1. The Hall–Kier alpha value is -4.97. The van der Waals surface area contributed by atoms with Gasteiger partial charge in [-0.1, -0.05) is 6.07 Å². The maximum Gasteiger partial charge on any atom is 0.163 e. The van der Waals surface area contributed by atoms with Crippen molar-refractivity contribution in [3.8, 4) is 17.5 Å². The van der Waals surface area contributed by atoms with E-state index in [2.05, 4.69) is 25.6 Å². The lowest BCUT2D eigenvalue weighted by molar-refractivity contribution is 0.101. The van der Waals surface area contributed by atoms with Gasteiger partial charge in [0.05, 0.1) is 28.5 Å². The summed E-state index contributed by atoms with van der Waals surface area (Å²) in [6.07, 6.45) is 4.30. The monoisotopic (exact) mass is 474 g/mol. The largest absolute Gasteiger partial charge is 0.339 e. The molecule has 0 bridgehead atoms. The molecule has 5 rings (SSSR count). The van der Waals surface area contributed by atoms with Gasteiger partial charge >= 0.3 is 0 Å². The molecular formula is C27H22N8O. The number of fused-ring (bicyclic) bond motifs is 1. The van der Waals surface area contributed by atoms with Gasteiger partial charge < -0.3 is 5.32 Å². The number of aromatic nitrogens is 5. The van der Waals surface area contributed by atoms with E-state index in [9.17, 15) is 10.1 Å². The van der Waals surface area contributed by atoms with Crippen LogP contribution in [0.3, 0.4) is 0 Å². The van der Waals surface area contributed by atoms with Crippen molar-refractivity contribution in [3.63, 3.8) is 0 Å². The number of carbonyl (C=O) groups is 1. The highest BCUT2D eigenvalue weighted by Crippen LogP contribution is 2.32. The van der Waals surface area contributed by atoms with Crippen molar-refractivity contribution in [2.75, 3.05) is 5.32 Å². The Bertz CT molecular complexity index is 1590. The molecule has 9 nitrogen and oxygen atoms in total. The molecule has 1 aromatic carbocycles. The van der Waals surface area contributed by atoms with E-state index in [-0.39, 0.29) is 11.5 Å². The van der Waals surface area contributed by atoms with Crippen LogP contribution in [-0.2, 0) is 13.5 Å². The Morgan fingerprint density at radius 1 is 1.11 bits per heavy atom. The topological polar surface area (TPSA) is 122 Å². The molecule has 1 N–H and O–H groups in total. The second-order valence-corrected chi connectivity index (χ2v) is 8.47. The molecule has 9 heteroatoms. The van der Waals surface area contributed by atoms with Crippen molar-refractivity contribution in [2.45, 2.75) is 20.3 Å². The summed E-state index contributed by atoms with van der Waals surface area (Å²) in [7, 11) is 1.73. The first-order valence-electron chi connectivity index (χ1n) is 11.3. The predicted octanol–water partition coefficient (Wildman–Crippen LogP) is 4.74. The van der Waals surface area contributed by atoms with E-state index in [4.69, 9.17) is 4.98 Å². The number of nitriles is 1. The number of nitrogens with zero attached hydrogens (tertiary/aromatic N) is 7. The van der Waals surface area contributed by atoms with E-state index in [0.29, 0.717) is 29.2 Å². The summed E-state index contributed by atoms with van der Waals surface area (Å²) in [6.45, 7) is 3.40. The Labute approximate surface area is 207 Å². The molecule has 36 heavy (non-hydrogen) atoms. The molecule has 0 saturated heterocycles. The molecule has 0 saturated carbocycles. The Morgan fingerprint density at radius 3 is 2.69 bits per heavy atom. The summed E-state index contributed by atoms with van der Waals surface area (Å²) in [6, 6.07) is 17.1. The minimum atomic E-state index is -0.108. The fourth-order valence-corrected chi connectivity index (χ4v) is 4.03. The zero-order valence-corrected chi connectivity index (χ0v) is 20.0. The smallest absolute Gasteiger partial charge is 0.163 e. The maximum absolute atomic E-state index is 12.3. The molecule has 1 aliphatic heterocycles. The summed E-state index contributed by atoms with van der Waals surface area (Å²) in [4.78, 5) is 21.8. The van der Waals surface area contributed by atoms with Gasteiger partial charge in [0.25, 0.3) is 0 Å². The number of anilines is 2. The molecule has 4 heterocycles. The minimum Gasteiger partial charge on any atom is -0.339 e. The third kappa shape index (κ3) is 4.52. The van der Waals surface area contributed by atoms with E-state index in [0.717, 1.165) is 33.9 Å². The van der Waals surface area contributed by atoms with Crippen LogP contribution in [0.25, 0.3) is 17.0 Å². The minimum absolute atomic E-state index is 0.108.